The summed E-state index contributed by atoms with van der Waals surface area (Å²) in [6.07, 6.45) is 0. The summed E-state index contributed by atoms with van der Waals surface area (Å²) in [7, 11) is 0. The van der Waals surface area contributed by atoms with Crippen molar-refractivity contribution in [2.45, 2.75) is 6.92 Å². The van der Waals surface area contributed by atoms with Gasteiger partial charge in [-0.3, -0.25) is 0 Å². The summed E-state index contributed by atoms with van der Waals surface area (Å²) in [6, 6.07) is 18.4. The lowest BCUT2D eigenvalue weighted by molar-refractivity contribution is 0.477. The van der Waals surface area contributed by atoms with Gasteiger partial charge in [-0.25, -0.2) is 0 Å². The minimum atomic E-state index is 0.0692. The van der Waals surface area contributed by atoms with Crippen LogP contribution in [0.1, 0.15) is 12.7 Å². The second-order valence-corrected chi connectivity index (χ2v) is 6.65. The molecule has 0 atom stereocenters. The molecule has 0 aliphatic carbocycles. The number of nitrogens with two attached hydrogens (primary N) is 1. The molecule has 4 rings (SSSR count). The van der Waals surface area contributed by atoms with Crippen molar-refractivity contribution < 1.29 is 5.11 Å². The van der Waals surface area contributed by atoms with Crippen LogP contribution in [0.4, 0.5) is 29.0 Å². The summed E-state index contributed by atoms with van der Waals surface area (Å²) in [4.78, 5) is 12.4. The molecular weight excluding hydrogens is 378 g/mol. The molecule has 0 fully saturated rings. The second-order valence-electron chi connectivity index (χ2n) is 6.65. The number of fused-ring (bicyclic) bond motifs is 1. The standard InChI is InChI=1S/C22H19N7O/c1-13(2)20-25-21(23)27-22(26-20)24-15-7-5-8-16(12-15)28-29-19-17-9-4-3-6-14(17)10-11-18(19)30/h3-12,30H,1H2,2H3,(H3,23,24,25,26,27). The molecule has 0 saturated carbocycles. The summed E-state index contributed by atoms with van der Waals surface area (Å²) in [5, 5.41) is 23.7. The molecule has 0 aliphatic rings. The Labute approximate surface area is 172 Å². The summed E-state index contributed by atoms with van der Waals surface area (Å²) >= 11 is 0. The van der Waals surface area contributed by atoms with Crippen LogP contribution in [0, 0.1) is 0 Å². The summed E-state index contributed by atoms with van der Waals surface area (Å²) < 4.78 is 0. The molecule has 8 heteroatoms. The van der Waals surface area contributed by atoms with Crippen LogP contribution in [-0.2, 0) is 0 Å². The molecule has 0 spiro atoms. The maximum absolute atomic E-state index is 10.2. The summed E-state index contributed by atoms with van der Waals surface area (Å²) in [5.74, 6) is 0.904. The first-order chi connectivity index (χ1) is 14.5. The normalized spacial score (nSPS) is 11.1. The highest BCUT2D eigenvalue weighted by Crippen LogP contribution is 2.36. The third-order valence-electron chi connectivity index (χ3n) is 4.28. The second kappa shape index (κ2) is 7.96. The van der Waals surface area contributed by atoms with Gasteiger partial charge >= 0.3 is 0 Å². The van der Waals surface area contributed by atoms with Gasteiger partial charge in [0, 0.05) is 11.1 Å². The fourth-order valence-electron chi connectivity index (χ4n) is 2.87. The van der Waals surface area contributed by atoms with Crippen molar-refractivity contribution in [3.63, 3.8) is 0 Å². The smallest absolute Gasteiger partial charge is 0.232 e. The van der Waals surface area contributed by atoms with Crippen molar-refractivity contribution in [2.75, 3.05) is 11.1 Å². The number of anilines is 3. The van der Waals surface area contributed by atoms with Crippen molar-refractivity contribution in [1.82, 2.24) is 15.0 Å². The third-order valence-corrected chi connectivity index (χ3v) is 4.28. The Balaban J connectivity index is 1.62. The van der Waals surface area contributed by atoms with Gasteiger partial charge in [-0.05, 0) is 42.1 Å². The van der Waals surface area contributed by atoms with E-state index in [-0.39, 0.29) is 11.7 Å². The summed E-state index contributed by atoms with van der Waals surface area (Å²) in [6.45, 7) is 5.62. The van der Waals surface area contributed by atoms with Crippen LogP contribution < -0.4 is 11.1 Å². The number of phenolic OH excluding ortho intramolecular Hbond substituents is 1. The van der Waals surface area contributed by atoms with E-state index in [1.54, 1.807) is 25.1 Å². The lowest BCUT2D eigenvalue weighted by Gasteiger charge is -2.07. The van der Waals surface area contributed by atoms with Crippen molar-refractivity contribution in [1.29, 1.82) is 0 Å². The monoisotopic (exact) mass is 397 g/mol. The van der Waals surface area contributed by atoms with Gasteiger partial charge in [-0.15, -0.1) is 5.11 Å². The van der Waals surface area contributed by atoms with Gasteiger partial charge in [0.2, 0.25) is 11.9 Å². The van der Waals surface area contributed by atoms with Crippen LogP contribution in [0.5, 0.6) is 5.75 Å². The minimum absolute atomic E-state index is 0.0692. The third kappa shape index (κ3) is 4.07. The van der Waals surface area contributed by atoms with Gasteiger partial charge in [0.15, 0.2) is 5.82 Å². The number of aromatic hydroxyl groups is 1. The van der Waals surface area contributed by atoms with Gasteiger partial charge < -0.3 is 16.2 Å². The Morgan fingerprint density at radius 2 is 1.83 bits per heavy atom. The molecule has 1 aromatic heterocycles. The molecular formula is C22H19N7O. The van der Waals surface area contributed by atoms with E-state index in [4.69, 9.17) is 5.73 Å². The van der Waals surface area contributed by atoms with Crippen LogP contribution in [0.2, 0.25) is 0 Å². The van der Waals surface area contributed by atoms with Crippen LogP contribution in [-0.4, -0.2) is 20.1 Å². The Bertz CT molecular complexity index is 1280. The predicted octanol–water partition coefficient (Wildman–Crippen LogP) is 5.50. The molecule has 4 N–H and O–H groups in total. The van der Waals surface area contributed by atoms with Crippen molar-refractivity contribution in [3.8, 4) is 5.75 Å². The van der Waals surface area contributed by atoms with E-state index in [1.165, 1.54) is 0 Å². The molecule has 4 aromatic rings. The predicted molar refractivity (Wildman–Crippen MR) is 118 cm³/mol. The number of nitrogens with zero attached hydrogens (tertiary/aromatic N) is 5. The van der Waals surface area contributed by atoms with E-state index in [9.17, 15) is 5.11 Å². The maximum Gasteiger partial charge on any atom is 0.232 e. The van der Waals surface area contributed by atoms with Crippen LogP contribution >= 0.6 is 0 Å². The number of azo groups is 1. The first-order valence-electron chi connectivity index (χ1n) is 9.16. The zero-order valence-electron chi connectivity index (χ0n) is 16.2. The zero-order valence-corrected chi connectivity index (χ0v) is 16.2. The average molecular weight is 397 g/mol. The number of nitrogen functional groups attached to an aromatic ring is 1. The SMILES string of the molecule is C=C(C)c1nc(N)nc(Nc2cccc(N=Nc3c(O)ccc4ccccc34)c2)n1. The van der Waals surface area contributed by atoms with Gasteiger partial charge in [-0.1, -0.05) is 43.0 Å². The molecule has 8 nitrogen and oxygen atoms in total. The quantitative estimate of drug-likeness (QED) is 0.382. The lowest BCUT2D eigenvalue weighted by Crippen LogP contribution is -2.06. The van der Waals surface area contributed by atoms with Gasteiger partial charge in [0.1, 0.15) is 11.4 Å². The van der Waals surface area contributed by atoms with Crippen LogP contribution in [0.3, 0.4) is 0 Å². The Kier molecular flexibility index (Phi) is 5.04. The minimum Gasteiger partial charge on any atom is -0.506 e. The Hall–Kier alpha value is -4.33. The molecule has 148 valence electrons. The van der Waals surface area contributed by atoms with Crippen molar-refractivity contribution in [3.05, 3.63) is 73.1 Å². The highest BCUT2D eigenvalue weighted by Gasteiger charge is 2.07. The first-order valence-corrected chi connectivity index (χ1v) is 9.16. The molecule has 30 heavy (non-hydrogen) atoms. The number of rotatable bonds is 5. The summed E-state index contributed by atoms with van der Waals surface area (Å²) in [5.41, 5.74) is 8.15. The number of allylic oxidation sites excluding steroid dienone is 1. The lowest BCUT2D eigenvalue weighted by atomic mass is 10.1. The van der Waals surface area contributed by atoms with E-state index < -0.39 is 0 Å². The molecule has 1 heterocycles. The van der Waals surface area contributed by atoms with Crippen LogP contribution in [0.15, 0.2) is 77.5 Å². The number of hydrogen-bond donors (Lipinski definition) is 3. The van der Waals surface area contributed by atoms with E-state index in [1.807, 2.05) is 42.5 Å². The zero-order chi connectivity index (χ0) is 21.1. The molecule has 0 amide bonds. The molecule has 0 radical (unpaired) electrons. The van der Waals surface area contributed by atoms with Gasteiger partial charge in [0.05, 0.1) is 5.69 Å². The Morgan fingerprint density at radius 1 is 1.00 bits per heavy atom. The van der Waals surface area contributed by atoms with Crippen molar-refractivity contribution >= 4 is 45.3 Å². The van der Waals surface area contributed by atoms with Crippen molar-refractivity contribution in [2.24, 2.45) is 10.2 Å². The largest absolute Gasteiger partial charge is 0.506 e. The fraction of sp³-hybridized carbons (Fsp3) is 0.0455. The molecule has 3 aromatic carbocycles. The maximum atomic E-state index is 10.2. The van der Waals surface area contributed by atoms with Gasteiger partial charge in [-0.2, -0.15) is 20.1 Å². The van der Waals surface area contributed by atoms with Crippen LogP contribution in [0.25, 0.3) is 16.3 Å². The van der Waals surface area contributed by atoms with E-state index in [2.05, 4.69) is 37.1 Å². The van der Waals surface area contributed by atoms with Gasteiger partial charge in [0.25, 0.3) is 0 Å². The van der Waals surface area contributed by atoms with E-state index in [0.29, 0.717) is 34.4 Å². The number of benzene rings is 3. The number of aromatic nitrogens is 3. The molecule has 0 saturated heterocycles. The highest BCUT2D eigenvalue weighted by molar-refractivity contribution is 5.95. The number of hydrogen-bond acceptors (Lipinski definition) is 8. The fourth-order valence-corrected chi connectivity index (χ4v) is 2.87. The highest BCUT2D eigenvalue weighted by atomic mass is 16.3. The topological polar surface area (TPSA) is 122 Å². The molecule has 0 aliphatic heterocycles. The first kappa shape index (κ1) is 19.0. The average Bonchev–Trinajstić information content (AvgIpc) is 2.73. The molecule has 0 unspecified atom stereocenters. The Morgan fingerprint density at radius 3 is 2.67 bits per heavy atom. The van der Waals surface area contributed by atoms with E-state index >= 15 is 0 Å². The number of phenols is 1. The molecule has 0 bridgehead atoms. The van der Waals surface area contributed by atoms with E-state index in [0.717, 1.165) is 10.8 Å². The number of nitrogens with one attached hydrogen (secondary N) is 1.